The molecule has 138 valence electrons. The third-order valence-electron chi connectivity index (χ3n) is 4.32. The first-order chi connectivity index (χ1) is 13.7. The number of hydrogen-bond donors (Lipinski definition) is 4. The Kier molecular flexibility index (Phi) is 4.76. The van der Waals surface area contributed by atoms with Gasteiger partial charge in [-0.25, -0.2) is 0 Å². The minimum Gasteiger partial charge on any atom is -0.356 e. The summed E-state index contributed by atoms with van der Waals surface area (Å²) in [6.45, 7) is 0. The van der Waals surface area contributed by atoms with Crippen LogP contribution in [-0.4, -0.2) is 17.3 Å². The highest BCUT2D eigenvalue weighted by Crippen LogP contribution is 2.21. The van der Waals surface area contributed by atoms with Gasteiger partial charge in [-0.1, -0.05) is 18.2 Å². The van der Waals surface area contributed by atoms with E-state index in [1.54, 1.807) is 0 Å². The van der Waals surface area contributed by atoms with Crippen LogP contribution in [0.3, 0.4) is 0 Å². The largest absolute Gasteiger partial charge is 0.356 e. The van der Waals surface area contributed by atoms with Crippen LogP contribution < -0.4 is 16.0 Å². The second-order valence-corrected chi connectivity index (χ2v) is 6.27. The SMILES string of the molecule is O=CNc1ccc(Nc2ccc(NC(=O)c3cc4ccccc4[nH]3)cc2)cc1. The lowest BCUT2D eigenvalue weighted by Gasteiger charge is -2.09. The van der Waals surface area contributed by atoms with Crippen LogP contribution in [0.2, 0.25) is 0 Å². The minimum atomic E-state index is -0.185. The average Bonchev–Trinajstić information content (AvgIpc) is 3.16. The summed E-state index contributed by atoms with van der Waals surface area (Å²) in [7, 11) is 0. The van der Waals surface area contributed by atoms with E-state index in [1.807, 2.05) is 78.9 Å². The topological polar surface area (TPSA) is 86.0 Å². The van der Waals surface area contributed by atoms with E-state index in [1.165, 1.54) is 0 Å². The average molecular weight is 370 g/mol. The summed E-state index contributed by atoms with van der Waals surface area (Å²) in [5.74, 6) is -0.185. The Morgan fingerprint density at radius 2 is 1.39 bits per heavy atom. The fourth-order valence-electron chi connectivity index (χ4n) is 2.92. The molecule has 0 aliphatic carbocycles. The van der Waals surface area contributed by atoms with Gasteiger partial charge in [0.15, 0.2) is 0 Å². The van der Waals surface area contributed by atoms with E-state index in [0.29, 0.717) is 17.8 Å². The third-order valence-corrected chi connectivity index (χ3v) is 4.32. The Balaban J connectivity index is 1.41. The van der Waals surface area contributed by atoms with Crippen molar-refractivity contribution in [2.75, 3.05) is 16.0 Å². The fraction of sp³-hybridized carbons (Fsp3) is 0. The summed E-state index contributed by atoms with van der Waals surface area (Å²) in [5, 5.41) is 9.76. The Morgan fingerprint density at radius 3 is 2.04 bits per heavy atom. The number of rotatable bonds is 6. The molecule has 0 unspecified atom stereocenters. The van der Waals surface area contributed by atoms with Crippen LogP contribution in [0.5, 0.6) is 0 Å². The maximum Gasteiger partial charge on any atom is 0.272 e. The zero-order valence-electron chi connectivity index (χ0n) is 14.9. The van der Waals surface area contributed by atoms with E-state index in [9.17, 15) is 9.59 Å². The first-order valence-corrected chi connectivity index (χ1v) is 8.78. The quantitative estimate of drug-likeness (QED) is 0.370. The normalized spacial score (nSPS) is 10.4. The van der Waals surface area contributed by atoms with Crippen LogP contribution in [0.4, 0.5) is 22.7 Å². The lowest BCUT2D eigenvalue weighted by molar-refractivity contribution is -0.105. The summed E-state index contributed by atoms with van der Waals surface area (Å²) in [6.07, 6.45) is 0.644. The molecule has 0 aliphatic rings. The lowest BCUT2D eigenvalue weighted by Crippen LogP contribution is -2.12. The summed E-state index contributed by atoms with van der Waals surface area (Å²) in [4.78, 5) is 26.0. The molecule has 1 heterocycles. The van der Waals surface area contributed by atoms with Gasteiger partial charge in [0.25, 0.3) is 5.91 Å². The number of aromatic nitrogens is 1. The maximum absolute atomic E-state index is 12.5. The minimum absolute atomic E-state index is 0.185. The lowest BCUT2D eigenvalue weighted by atomic mass is 10.2. The fourth-order valence-corrected chi connectivity index (χ4v) is 2.92. The Labute approximate surface area is 161 Å². The van der Waals surface area contributed by atoms with E-state index in [-0.39, 0.29) is 5.91 Å². The molecule has 0 fully saturated rings. The molecular formula is C22H18N4O2. The number of anilines is 4. The predicted octanol–water partition coefficient (Wildman–Crippen LogP) is 4.73. The number of hydrogen-bond acceptors (Lipinski definition) is 3. The Bertz CT molecular complexity index is 1080. The van der Waals surface area contributed by atoms with Gasteiger partial charge in [0.1, 0.15) is 5.69 Å². The molecule has 0 bridgehead atoms. The second-order valence-electron chi connectivity index (χ2n) is 6.27. The van der Waals surface area contributed by atoms with Gasteiger partial charge in [0.2, 0.25) is 6.41 Å². The summed E-state index contributed by atoms with van der Waals surface area (Å²) < 4.78 is 0. The Hall–Kier alpha value is -4.06. The van der Waals surface area contributed by atoms with Gasteiger partial charge in [-0.2, -0.15) is 0 Å². The molecule has 0 aliphatic heterocycles. The standard InChI is InChI=1S/C22H18N4O2/c27-14-23-16-5-7-17(8-6-16)24-18-9-11-19(12-10-18)25-22(28)21-13-15-3-1-2-4-20(15)26-21/h1-14,24,26H,(H,23,27)(H,25,28). The van der Waals surface area contributed by atoms with Crippen molar-refractivity contribution in [3.63, 3.8) is 0 Å². The van der Waals surface area contributed by atoms with Gasteiger partial charge in [-0.15, -0.1) is 0 Å². The van der Waals surface area contributed by atoms with E-state index in [4.69, 9.17) is 0 Å². The van der Waals surface area contributed by atoms with Crippen molar-refractivity contribution in [1.82, 2.24) is 4.98 Å². The third kappa shape index (κ3) is 3.86. The highest BCUT2D eigenvalue weighted by Gasteiger charge is 2.09. The molecule has 0 saturated carbocycles. The van der Waals surface area contributed by atoms with E-state index < -0.39 is 0 Å². The number of amides is 2. The highest BCUT2D eigenvalue weighted by atomic mass is 16.2. The Morgan fingerprint density at radius 1 is 0.786 bits per heavy atom. The monoisotopic (exact) mass is 370 g/mol. The van der Waals surface area contributed by atoms with Gasteiger partial charge in [0.05, 0.1) is 0 Å². The molecular weight excluding hydrogens is 352 g/mol. The van der Waals surface area contributed by atoms with Crippen molar-refractivity contribution in [1.29, 1.82) is 0 Å². The van der Waals surface area contributed by atoms with Crippen LogP contribution in [0.15, 0.2) is 78.9 Å². The maximum atomic E-state index is 12.5. The molecule has 0 radical (unpaired) electrons. The number of benzene rings is 3. The number of fused-ring (bicyclic) bond motifs is 1. The van der Waals surface area contributed by atoms with E-state index in [2.05, 4.69) is 20.9 Å². The second kappa shape index (κ2) is 7.67. The summed E-state index contributed by atoms with van der Waals surface area (Å²) in [5.41, 5.74) is 4.68. The number of para-hydroxylation sites is 1. The molecule has 4 rings (SSSR count). The number of H-pyrrole nitrogens is 1. The molecule has 28 heavy (non-hydrogen) atoms. The smallest absolute Gasteiger partial charge is 0.272 e. The van der Waals surface area contributed by atoms with Gasteiger partial charge in [-0.05, 0) is 60.7 Å². The van der Waals surface area contributed by atoms with Crippen molar-refractivity contribution in [2.45, 2.75) is 0 Å². The van der Waals surface area contributed by atoms with E-state index in [0.717, 1.165) is 28.0 Å². The first kappa shape index (κ1) is 17.4. The molecule has 2 amide bonds. The summed E-state index contributed by atoms with van der Waals surface area (Å²) in [6, 6.07) is 24.4. The number of carbonyl (C=O) groups excluding carboxylic acids is 2. The van der Waals surface area contributed by atoms with Crippen LogP contribution >= 0.6 is 0 Å². The number of aromatic amines is 1. The van der Waals surface area contributed by atoms with Crippen molar-refractivity contribution in [3.05, 3.63) is 84.6 Å². The number of carbonyl (C=O) groups is 2. The van der Waals surface area contributed by atoms with Crippen molar-refractivity contribution >= 4 is 46.0 Å². The molecule has 4 N–H and O–H groups in total. The molecule has 6 nitrogen and oxygen atoms in total. The molecule has 0 saturated heterocycles. The highest BCUT2D eigenvalue weighted by molar-refractivity contribution is 6.06. The van der Waals surface area contributed by atoms with Crippen molar-refractivity contribution in [3.8, 4) is 0 Å². The van der Waals surface area contributed by atoms with Crippen LogP contribution in [0.25, 0.3) is 10.9 Å². The zero-order chi connectivity index (χ0) is 19.3. The van der Waals surface area contributed by atoms with Crippen LogP contribution in [-0.2, 0) is 4.79 Å². The molecule has 3 aromatic carbocycles. The molecule has 0 spiro atoms. The van der Waals surface area contributed by atoms with Crippen LogP contribution in [0.1, 0.15) is 10.5 Å². The van der Waals surface area contributed by atoms with Gasteiger partial charge < -0.3 is 20.9 Å². The first-order valence-electron chi connectivity index (χ1n) is 8.78. The summed E-state index contributed by atoms with van der Waals surface area (Å²) >= 11 is 0. The van der Waals surface area contributed by atoms with Gasteiger partial charge in [0, 0.05) is 33.7 Å². The van der Waals surface area contributed by atoms with Gasteiger partial charge in [-0.3, -0.25) is 9.59 Å². The zero-order valence-corrected chi connectivity index (χ0v) is 14.9. The van der Waals surface area contributed by atoms with Gasteiger partial charge >= 0.3 is 0 Å². The van der Waals surface area contributed by atoms with Crippen molar-refractivity contribution < 1.29 is 9.59 Å². The molecule has 6 heteroatoms. The van der Waals surface area contributed by atoms with E-state index >= 15 is 0 Å². The predicted molar refractivity (Wildman–Crippen MR) is 112 cm³/mol. The molecule has 4 aromatic rings. The van der Waals surface area contributed by atoms with Crippen molar-refractivity contribution in [2.24, 2.45) is 0 Å². The number of nitrogens with one attached hydrogen (secondary N) is 4. The molecule has 0 atom stereocenters. The van der Waals surface area contributed by atoms with Crippen LogP contribution in [0, 0.1) is 0 Å². The molecule has 1 aromatic heterocycles.